The Hall–Kier alpha value is -2.54. The molecule has 0 aliphatic rings. The summed E-state index contributed by atoms with van der Waals surface area (Å²) in [6.07, 6.45) is -4.67. The highest BCUT2D eigenvalue weighted by Gasteiger charge is 2.35. The first-order chi connectivity index (χ1) is 12.0. The van der Waals surface area contributed by atoms with Gasteiger partial charge in [0.05, 0.1) is 34.0 Å². The van der Waals surface area contributed by atoms with Crippen molar-refractivity contribution < 1.29 is 18.0 Å². The number of thioether (sulfide) groups is 1. The number of pyridine rings is 1. The number of amides is 1. The van der Waals surface area contributed by atoms with Crippen molar-refractivity contribution in [2.45, 2.75) is 32.0 Å². The number of halogens is 3. The Morgan fingerprint density at radius 1 is 1.38 bits per heavy atom. The molecule has 0 atom stereocenters. The van der Waals surface area contributed by atoms with Crippen molar-refractivity contribution in [1.82, 2.24) is 14.8 Å². The van der Waals surface area contributed by atoms with Gasteiger partial charge in [0.25, 0.3) is 0 Å². The van der Waals surface area contributed by atoms with Crippen molar-refractivity contribution in [2.24, 2.45) is 7.05 Å². The molecule has 0 aliphatic carbocycles. The average Bonchev–Trinajstić information content (AvgIpc) is 2.77. The molecule has 2 aromatic rings. The highest BCUT2D eigenvalue weighted by Crippen LogP contribution is 2.35. The average molecular weight is 383 g/mol. The SMILES string of the molecule is Cc1cc(C(F)(F)F)c(C#N)c(SCC(=O)Nc2c(C)nn(C)c2C)n1. The summed E-state index contributed by atoms with van der Waals surface area (Å²) in [5.41, 5.74) is 0.453. The third-order valence-electron chi connectivity index (χ3n) is 3.64. The Morgan fingerprint density at radius 2 is 2.04 bits per heavy atom. The molecule has 0 aromatic carbocycles. The molecule has 138 valence electrons. The molecule has 0 unspecified atom stereocenters. The van der Waals surface area contributed by atoms with Crippen LogP contribution in [-0.2, 0) is 18.0 Å². The standard InChI is InChI=1S/C16H16F3N5OS/c1-8-5-12(16(17,18)19)11(6-20)15(21-8)26-7-13(25)22-14-9(2)23-24(4)10(14)3/h5H,7H2,1-4H3,(H,22,25). The molecule has 2 aromatic heterocycles. The largest absolute Gasteiger partial charge is 0.417 e. The van der Waals surface area contributed by atoms with E-state index in [4.69, 9.17) is 5.26 Å². The van der Waals surface area contributed by atoms with Gasteiger partial charge in [0.15, 0.2) is 0 Å². The molecule has 0 aliphatic heterocycles. The minimum atomic E-state index is -4.67. The second kappa shape index (κ2) is 7.37. The molecular weight excluding hydrogens is 367 g/mol. The fraction of sp³-hybridized carbons (Fsp3) is 0.375. The first kappa shape index (κ1) is 19.8. The number of aryl methyl sites for hydroxylation is 3. The molecule has 0 saturated carbocycles. The van der Waals surface area contributed by atoms with Crippen molar-refractivity contribution in [3.05, 3.63) is 34.3 Å². The minimum Gasteiger partial charge on any atom is -0.322 e. The van der Waals surface area contributed by atoms with Crippen LogP contribution in [0.15, 0.2) is 11.1 Å². The molecule has 0 saturated heterocycles. The van der Waals surface area contributed by atoms with Gasteiger partial charge in [-0.1, -0.05) is 11.8 Å². The second-order valence-corrected chi connectivity index (χ2v) is 6.57. The van der Waals surface area contributed by atoms with Gasteiger partial charge < -0.3 is 5.32 Å². The van der Waals surface area contributed by atoms with Crippen LogP contribution in [0, 0.1) is 32.1 Å². The molecule has 1 amide bonds. The number of rotatable bonds is 4. The molecule has 0 fully saturated rings. The van der Waals surface area contributed by atoms with E-state index in [1.165, 1.54) is 6.92 Å². The first-order valence-corrected chi connectivity index (χ1v) is 8.45. The van der Waals surface area contributed by atoms with Gasteiger partial charge in [0.1, 0.15) is 11.1 Å². The van der Waals surface area contributed by atoms with Crippen LogP contribution < -0.4 is 5.32 Å². The Balaban J connectivity index is 2.20. The number of hydrogen-bond donors (Lipinski definition) is 1. The third kappa shape index (κ3) is 4.16. The number of carbonyl (C=O) groups excluding carboxylic acids is 1. The number of aromatic nitrogens is 3. The van der Waals surface area contributed by atoms with Gasteiger partial charge in [-0.15, -0.1) is 0 Å². The van der Waals surface area contributed by atoms with Gasteiger partial charge >= 0.3 is 6.18 Å². The number of hydrogen-bond acceptors (Lipinski definition) is 5. The molecule has 26 heavy (non-hydrogen) atoms. The molecule has 0 radical (unpaired) electrons. The van der Waals surface area contributed by atoms with Crippen LogP contribution in [-0.4, -0.2) is 26.4 Å². The van der Waals surface area contributed by atoms with Crippen LogP contribution in [0.4, 0.5) is 18.9 Å². The van der Waals surface area contributed by atoms with Gasteiger partial charge in [-0.25, -0.2) is 4.98 Å². The number of alkyl halides is 3. The Morgan fingerprint density at radius 3 is 2.54 bits per heavy atom. The number of carbonyl (C=O) groups is 1. The fourth-order valence-electron chi connectivity index (χ4n) is 2.34. The van der Waals surface area contributed by atoms with Crippen LogP contribution in [0.25, 0.3) is 0 Å². The Bertz CT molecular complexity index is 899. The maximum absolute atomic E-state index is 13.1. The van der Waals surface area contributed by atoms with E-state index in [9.17, 15) is 18.0 Å². The maximum Gasteiger partial charge on any atom is 0.417 e. The first-order valence-electron chi connectivity index (χ1n) is 7.46. The summed E-state index contributed by atoms with van der Waals surface area (Å²) in [5, 5.41) is 15.9. The summed E-state index contributed by atoms with van der Waals surface area (Å²) >= 11 is 0.789. The van der Waals surface area contributed by atoms with E-state index in [1.54, 1.807) is 31.6 Å². The predicted molar refractivity (Wildman–Crippen MR) is 90.7 cm³/mol. The van der Waals surface area contributed by atoms with Gasteiger partial charge in [-0.3, -0.25) is 9.48 Å². The molecule has 2 heterocycles. The number of nitrogens with one attached hydrogen (secondary N) is 1. The second-order valence-electron chi connectivity index (χ2n) is 5.61. The molecule has 0 bridgehead atoms. The van der Waals surface area contributed by atoms with Crippen molar-refractivity contribution in [1.29, 1.82) is 5.26 Å². The third-order valence-corrected chi connectivity index (χ3v) is 4.62. The van der Waals surface area contributed by atoms with Crippen LogP contribution >= 0.6 is 11.8 Å². The van der Waals surface area contributed by atoms with Crippen molar-refractivity contribution in [3.8, 4) is 6.07 Å². The smallest absolute Gasteiger partial charge is 0.322 e. The normalized spacial score (nSPS) is 11.3. The monoisotopic (exact) mass is 383 g/mol. The molecule has 6 nitrogen and oxygen atoms in total. The topological polar surface area (TPSA) is 83.6 Å². The molecule has 10 heteroatoms. The lowest BCUT2D eigenvalue weighted by atomic mass is 10.1. The van der Waals surface area contributed by atoms with Crippen molar-refractivity contribution >= 4 is 23.4 Å². The molecule has 1 N–H and O–H groups in total. The van der Waals surface area contributed by atoms with E-state index >= 15 is 0 Å². The molecular formula is C16H16F3N5OS. The fourth-order valence-corrected chi connectivity index (χ4v) is 3.19. The summed E-state index contributed by atoms with van der Waals surface area (Å²) in [6, 6.07) is 2.37. The highest BCUT2D eigenvalue weighted by molar-refractivity contribution is 8.00. The lowest BCUT2D eigenvalue weighted by Gasteiger charge is -2.12. The predicted octanol–water partition coefficient (Wildman–Crippen LogP) is 3.36. The quantitative estimate of drug-likeness (QED) is 0.819. The van der Waals surface area contributed by atoms with E-state index in [0.717, 1.165) is 23.5 Å². The summed E-state index contributed by atoms with van der Waals surface area (Å²) < 4.78 is 40.9. The van der Waals surface area contributed by atoms with E-state index in [1.807, 2.05) is 0 Å². The zero-order valence-corrected chi connectivity index (χ0v) is 15.3. The maximum atomic E-state index is 13.1. The Kier molecular flexibility index (Phi) is 5.61. The summed E-state index contributed by atoms with van der Waals surface area (Å²) in [7, 11) is 1.74. The lowest BCUT2D eigenvalue weighted by Crippen LogP contribution is -2.16. The number of anilines is 1. The summed E-state index contributed by atoms with van der Waals surface area (Å²) in [4.78, 5) is 16.1. The van der Waals surface area contributed by atoms with Gasteiger partial charge in [0.2, 0.25) is 5.91 Å². The molecule has 0 spiro atoms. The number of nitriles is 1. The van der Waals surface area contributed by atoms with Crippen LogP contribution in [0.1, 0.15) is 28.2 Å². The van der Waals surface area contributed by atoms with Crippen LogP contribution in [0.2, 0.25) is 0 Å². The summed E-state index contributed by atoms with van der Waals surface area (Å²) in [5.74, 6) is -0.606. The van der Waals surface area contributed by atoms with E-state index in [2.05, 4.69) is 15.4 Å². The van der Waals surface area contributed by atoms with Gasteiger partial charge in [-0.2, -0.15) is 23.5 Å². The van der Waals surface area contributed by atoms with Crippen LogP contribution in [0.5, 0.6) is 0 Å². The Labute approximate surface area is 152 Å². The van der Waals surface area contributed by atoms with E-state index in [-0.39, 0.29) is 16.5 Å². The van der Waals surface area contributed by atoms with Crippen molar-refractivity contribution in [3.63, 3.8) is 0 Å². The molecule has 2 rings (SSSR count). The zero-order chi connectivity index (χ0) is 19.6. The number of nitrogens with zero attached hydrogens (tertiary/aromatic N) is 4. The minimum absolute atomic E-state index is 0.116. The highest BCUT2D eigenvalue weighted by atomic mass is 32.2. The van der Waals surface area contributed by atoms with Crippen LogP contribution in [0.3, 0.4) is 0 Å². The van der Waals surface area contributed by atoms with Gasteiger partial charge in [-0.05, 0) is 26.8 Å². The lowest BCUT2D eigenvalue weighted by molar-refractivity contribution is -0.138. The summed E-state index contributed by atoms with van der Waals surface area (Å²) in [6.45, 7) is 4.93. The van der Waals surface area contributed by atoms with E-state index in [0.29, 0.717) is 11.4 Å². The van der Waals surface area contributed by atoms with Gasteiger partial charge in [0, 0.05) is 12.7 Å². The van der Waals surface area contributed by atoms with E-state index < -0.39 is 23.2 Å². The zero-order valence-electron chi connectivity index (χ0n) is 14.5. The van der Waals surface area contributed by atoms with Crippen molar-refractivity contribution in [2.75, 3.05) is 11.1 Å².